The Bertz CT molecular complexity index is 254. The average molecular weight is 235 g/mol. The van der Waals surface area contributed by atoms with E-state index < -0.39 is 36.1 Å². The van der Waals surface area contributed by atoms with Crippen molar-refractivity contribution in [2.24, 2.45) is 5.73 Å². The summed E-state index contributed by atoms with van der Waals surface area (Å²) in [5.41, 5.74) is 5.19. The summed E-state index contributed by atoms with van der Waals surface area (Å²) in [5.74, 6) is -3.03. The zero-order chi connectivity index (χ0) is 12.9. The predicted octanol–water partition coefficient (Wildman–Crippen LogP) is -2.15. The standard InChI is InChI=1S/C9H17NO6/c1-4(11)2-5(12)3-6(13)7(10)8(14)9(15)16/h4-7,11-13H,2-3,10H2,1H3,(H,15,16). The van der Waals surface area contributed by atoms with Gasteiger partial charge in [-0.2, -0.15) is 0 Å². The summed E-state index contributed by atoms with van der Waals surface area (Å²) in [4.78, 5) is 21.1. The van der Waals surface area contributed by atoms with E-state index in [0.717, 1.165) is 0 Å². The van der Waals surface area contributed by atoms with Crippen molar-refractivity contribution in [3.8, 4) is 0 Å². The lowest BCUT2D eigenvalue weighted by molar-refractivity contribution is -0.151. The van der Waals surface area contributed by atoms with Crippen LogP contribution in [0.4, 0.5) is 0 Å². The molecule has 7 heteroatoms. The number of carbonyl (C=O) groups excluding carboxylic acids is 1. The number of ketones is 1. The summed E-state index contributed by atoms with van der Waals surface area (Å²) < 4.78 is 0. The van der Waals surface area contributed by atoms with E-state index in [4.69, 9.17) is 15.9 Å². The molecule has 0 bridgehead atoms. The number of Topliss-reactive ketones (excluding diaryl/α,β-unsaturated/α-hetero) is 1. The van der Waals surface area contributed by atoms with Crippen LogP contribution in [-0.4, -0.2) is 56.5 Å². The van der Waals surface area contributed by atoms with Crippen LogP contribution in [0.1, 0.15) is 19.8 Å². The Kier molecular flexibility index (Phi) is 6.12. The van der Waals surface area contributed by atoms with Gasteiger partial charge < -0.3 is 26.2 Å². The molecule has 4 unspecified atom stereocenters. The first-order valence-electron chi connectivity index (χ1n) is 4.82. The van der Waals surface area contributed by atoms with Crippen molar-refractivity contribution in [3.05, 3.63) is 0 Å². The molecule has 7 nitrogen and oxygen atoms in total. The van der Waals surface area contributed by atoms with Crippen molar-refractivity contribution in [2.75, 3.05) is 0 Å². The van der Waals surface area contributed by atoms with Crippen LogP contribution in [0.25, 0.3) is 0 Å². The summed E-state index contributed by atoms with van der Waals surface area (Å²) in [6.45, 7) is 1.46. The van der Waals surface area contributed by atoms with Gasteiger partial charge in [0.15, 0.2) is 0 Å². The average Bonchev–Trinajstić information content (AvgIpc) is 2.13. The van der Waals surface area contributed by atoms with E-state index in [9.17, 15) is 19.8 Å². The smallest absolute Gasteiger partial charge is 0.373 e. The third-order valence-corrected chi connectivity index (χ3v) is 2.05. The zero-order valence-corrected chi connectivity index (χ0v) is 8.91. The molecule has 0 saturated heterocycles. The summed E-state index contributed by atoms with van der Waals surface area (Å²) in [6.07, 6.45) is -3.48. The minimum atomic E-state index is -1.73. The number of aliphatic hydroxyl groups is 3. The lowest BCUT2D eigenvalue weighted by Gasteiger charge is -2.20. The van der Waals surface area contributed by atoms with E-state index in [2.05, 4.69) is 0 Å². The quantitative estimate of drug-likeness (QED) is 0.317. The van der Waals surface area contributed by atoms with Gasteiger partial charge in [-0.15, -0.1) is 0 Å². The van der Waals surface area contributed by atoms with Gasteiger partial charge in [-0.05, 0) is 13.3 Å². The van der Waals surface area contributed by atoms with Crippen LogP contribution in [0.2, 0.25) is 0 Å². The van der Waals surface area contributed by atoms with Gasteiger partial charge in [0.25, 0.3) is 5.78 Å². The van der Waals surface area contributed by atoms with Gasteiger partial charge in [0.2, 0.25) is 0 Å². The van der Waals surface area contributed by atoms with Gasteiger partial charge >= 0.3 is 5.97 Å². The maximum absolute atomic E-state index is 10.9. The lowest BCUT2D eigenvalue weighted by atomic mass is 9.99. The molecule has 0 aliphatic rings. The van der Waals surface area contributed by atoms with Crippen LogP contribution >= 0.6 is 0 Å². The molecular formula is C9H17NO6. The number of hydrogen-bond acceptors (Lipinski definition) is 6. The second-order valence-corrected chi connectivity index (χ2v) is 3.74. The van der Waals surface area contributed by atoms with Crippen LogP contribution < -0.4 is 5.73 Å². The molecule has 0 aromatic rings. The van der Waals surface area contributed by atoms with E-state index >= 15 is 0 Å². The number of carbonyl (C=O) groups is 2. The summed E-state index contributed by atoms with van der Waals surface area (Å²) in [7, 11) is 0. The fraction of sp³-hybridized carbons (Fsp3) is 0.778. The fourth-order valence-corrected chi connectivity index (χ4v) is 1.23. The molecule has 0 spiro atoms. The normalized spacial score (nSPS) is 18.6. The molecule has 0 heterocycles. The number of nitrogens with two attached hydrogens (primary N) is 1. The largest absolute Gasteiger partial charge is 0.475 e. The Morgan fingerprint density at radius 1 is 1.19 bits per heavy atom. The molecule has 0 rings (SSSR count). The summed E-state index contributed by atoms with van der Waals surface area (Å²) in [5, 5.41) is 36.0. The monoisotopic (exact) mass is 235 g/mol. The minimum absolute atomic E-state index is 0.0189. The Balaban J connectivity index is 4.19. The predicted molar refractivity (Wildman–Crippen MR) is 53.5 cm³/mol. The molecule has 16 heavy (non-hydrogen) atoms. The van der Waals surface area contributed by atoms with Crippen molar-refractivity contribution in [2.45, 2.75) is 44.1 Å². The first-order valence-corrected chi connectivity index (χ1v) is 4.82. The highest BCUT2D eigenvalue weighted by atomic mass is 16.4. The van der Waals surface area contributed by atoms with Crippen LogP contribution in [0, 0.1) is 0 Å². The highest BCUT2D eigenvalue weighted by molar-refractivity contribution is 6.34. The van der Waals surface area contributed by atoms with E-state index in [1.807, 2.05) is 0 Å². The Morgan fingerprint density at radius 2 is 1.69 bits per heavy atom. The van der Waals surface area contributed by atoms with Crippen LogP contribution in [0.3, 0.4) is 0 Å². The molecule has 4 atom stereocenters. The molecule has 0 aliphatic heterocycles. The molecule has 0 aromatic carbocycles. The third kappa shape index (κ3) is 5.17. The molecule has 94 valence electrons. The number of aliphatic carboxylic acids is 1. The van der Waals surface area contributed by atoms with Crippen molar-refractivity contribution in [1.29, 1.82) is 0 Å². The van der Waals surface area contributed by atoms with Gasteiger partial charge in [-0.25, -0.2) is 4.79 Å². The van der Waals surface area contributed by atoms with E-state index in [0.29, 0.717) is 0 Å². The van der Waals surface area contributed by atoms with Gasteiger partial charge in [-0.3, -0.25) is 4.79 Å². The van der Waals surface area contributed by atoms with Crippen LogP contribution in [0.5, 0.6) is 0 Å². The molecular weight excluding hydrogens is 218 g/mol. The first-order chi connectivity index (χ1) is 7.25. The zero-order valence-electron chi connectivity index (χ0n) is 8.91. The number of carboxylic acids is 1. The number of aliphatic hydroxyl groups excluding tert-OH is 3. The molecule has 0 fully saturated rings. The Morgan fingerprint density at radius 3 is 2.06 bits per heavy atom. The highest BCUT2D eigenvalue weighted by Crippen LogP contribution is 2.08. The number of hydrogen-bond donors (Lipinski definition) is 5. The Hall–Kier alpha value is -1.02. The van der Waals surface area contributed by atoms with Crippen molar-refractivity contribution in [1.82, 2.24) is 0 Å². The van der Waals surface area contributed by atoms with Crippen molar-refractivity contribution >= 4 is 11.8 Å². The number of rotatable bonds is 7. The maximum atomic E-state index is 10.9. The lowest BCUT2D eigenvalue weighted by Crippen LogP contribution is -2.46. The molecule has 0 radical (unpaired) electrons. The van der Waals surface area contributed by atoms with Crippen LogP contribution in [-0.2, 0) is 9.59 Å². The molecule has 0 saturated carbocycles. The fourth-order valence-electron chi connectivity index (χ4n) is 1.23. The topological polar surface area (TPSA) is 141 Å². The summed E-state index contributed by atoms with van der Waals surface area (Å²) >= 11 is 0. The minimum Gasteiger partial charge on any atom is -0.475 e. The van der Waals surface area contributed by atoms with Crippen molar-refractivity contribution in [3.63, 3.8) is 0 Å². The second kappa shape index (κ2) is 6.54. The second-order valence-electron chi connectivity index (χ2n) is 3.74. The van der Waals surface area contributed by atoms with E-state index in [1.165, 1.54) is 6.92 Å². The van der Waals surface area contributed by atoms with E-state index in [1.54, 1.807) is 0 Å². The number of carboxylic acid groups (broad SMARTS) is 1. The Labute approximate surface area is 92.5 Å². The first kappa shape index (κ1) is 15.0. The van der Waals surface area contributed by atoms with Gasteiger partial charge in [0, 0.05) is 6.42 Å². The molecule has 0 aromatic heterocycles. The van der Waals surface area contributed by atoms with Crippen molar-refractivity contribution < 1.29 is 30.0 Å². The van der Waals surface area contributed by atoms with Gasteiger partial charge in [0.05, 0.1) is 18.3 Å². The van der Waals surface area contributed by atoms with E-state index in [-0.39, 0.29) is 12.8 Å². The van der Waals surface area contributed by atoms with Crippen LogP contribution in [0.15, 0.2) is 0 Å². The third-order valence-electron chi connectivity index (χ3n) is 2.05. The molecule has 6 N–H and O–H groups in total. The van der Waals surface area contributed by atoms with Gasteiger partial charge in [0.1, 0.15) is 6.04 Å². The highest BCUT2D eigenvalue weighted by Gasteiger charge is 2.29. The van der Waals surface area contributed by atoms with Gasteiger partial charge in [-0.1, -0.05) is 0 Å². The summed E-state index contributed by atoms with van der Waals surface area (Å²) in [6, 6.07) is -1.57. The maximum Gasteiger partial charge on any atom is 0.373 e. The molecule has 0 amide bonds. The molecule has 0 aliphatic carbocycles. The SMILES string of the molecule is CC(O)CC(O)CC(O)C(N)C(=O)C(=O)O.